The number of fused-ring (bicyclic) bond motifs is 2. The van der Waals surface area contributed by atoms with Crippen molar-refractivity contribution in [2.45, 2.75) is 91.3 Å². The molecule has 0 N–H and O–H groups in total. The largest absolute Gasteiger partial charge is 0.369 e. The molecule has 6 unspecified atom stereocenters. The molecule has 0 bridgehead atoms. The van der Waals surface area contributed by atoms with Crippen molar-refractivity contribution in [3.8, 4) is 0 Å². The first kappa shape index (κ1) is 14.5. The van der Waals surface area contributed by atoms with E-state index in [0.717, 1.165) is 23.7 Å². The van der Waals surface area contributed by atoms with Crippen LogP contribution in [0.5, 0.6) is 0 Å². The molecule has 0 aromatic carbocycles. The van der Waals surface area contributed by atoms with E-state index in [-0.39, 0.29) is 11.2 Å². The van der Waals surface area contributed by atoms with E-state index in [0.29, 0.717) is 10.8 Å². The Balaban J connectivity index is 1.51. The second kappa shape index (κ2) is 3.89. The molecule has 4 aliphatic carbocycles. The summed E-state index contributed by atoms with van der Waals surface area (Å²) in [7, 11) is 0. The zero-order valence-corrected chi connectivity index (χ0v) is 15.0. The van der Waals surface area contributed by atoms with Crippen molar-refractivity contribution >= 4 is 0 Å². The first-order chi connectivity index (χ1) is 9.69. The van der Waals surface area contributed by atoms with E-state index in [1.54, 1.807) is 0 Å². The minimum absolute atomic E-state index is 0.175. The number of ether oxygens (including phenoxy) is 1. The van der Waals surface area contributed by atoms with Crippen LogP contribution in [0, 0.1) is 34.5 Å². The van der Waals surface area contributed by atoms with Crippen LogP contribution in [0.25, 0.3) is 0 Å². The molecule has 0 heterocycles. The summed E-state index contributed by atoms with van der Waals surface area (Å²) in [6.07, 6.45) is 8.26. The second-order valence-corrected chi connectivity index (χ2v) is 10.0. The maximum Gasteiger partial charge on any atom is 0.0695 e. The summed E-state index contributed by atoms with van der Waals surface area (Å²) in [5.74, 6) is 3.35. The van der Waals surface area contributed by atoms with Gasteiger partial charge in [0.2, 0.25) is 0 Å². The van der Waals surface area contributed by atoms with Gasteiger partial charge in [0, 0.05) is 0 Å². The lowest BCUT2D eigenvalue weighted by Gasteiger charge is -2.38. The highest BCUT2D eigenvalue weighted by atomic mass is 16.5. The summed E-state index contributed by atoms with van der Waals surface area (Å²) in [5, 5.41) is 0. The third-order valence-electron chi connectivity index (χ3n) is 8.65. The Morgan fingerprint density at radius 2 is 1.10 bits per heavy atom. The predicted octanol–water partition coefficient (Wildman–Crippen LogP) is 5.43. The van der Waals surface area contributed by atoms with Gasteiger partial charge in [-0.25, -0.2) is 0 Å². The van der Waals surface area contributed by atoms with Crippen molar-refractivity contribution in [3.05, 3.63) is 0 Å². The summed E-state index contributed by atoms with van der Waals surface area (Å²) in [4.78, 5) is 0. The van der Waals surface area contributed by atoms with E-state index >= 15 is 0 Å². The first-order valence-electron chi connectivity index (χ1n) is 9.39. The van der Waals surface area contributed by atoms with Crippen LogP contribution in [0.2, 0.25) is 0 Å². The molecule has 6 atom stereocenters. The summed E-state index contributed by atoms with van der Waals surface area (Å²) in [5.41, 5.74) is 1.63. The maximum absolute atomic E-state index is 7.01. The highest BCUT2D eigenvalue weighted by Gasteiger charge is 2.73. The van der Waals surface area contributed by atoms with Crippen molar-refractivity contribution in [3.63, 3.8) is 0 Å². The van der Waals surface area contributed by atoms with Crippen molar-refractivity contribution in [2.75, 3.05) is 0 Å². The quantitative estimate of drug-likeness (QED) is 0.670. The lowest BCUT2D eigenvalue weighted by Crippen LogP contribution is -2.42. The molecule has 120 valence electrons. The van der Waals surface area contributed by atoms with Crippen LogP contribution in [0.15, 0.2) is 0 Å². The van der Waals surface area contributed by atoms with Crippen LogP contribution >= 0.6 is 0 Å². The molecule has 0 spiro atoms. The molecular weight excluding hydrogens is 256 g/mol. The van der Waals surface area contributed by atoms with Crippen molar-refractivity contribution < 1.29 is 4.74 Å². The Kier molecular flexibility index (Phi) is 2.69. The Morgan fingerprint density at radius 1 is 0.714 bits per heavy atom. The van der Waals surface area contributed by atoms with E-state index < -0.39 is 0 Å². The maximum atomic E-state index is 7.01. The van der Waals surface area contributed by atoms with Crippen LogP contribution in [0.3, 0.4) is 0 Å². The van der Waals surface area contributed by atoms with Gasteiger partial charge in [0.25, 0.3) is 0 Å². The fourth-order valence-electron chi connectivity index (χ4n) is 6.78. The average molecular weight is 290 g/mol. The number of hydrogen-bond acceptors (Lipinski definition) is 1. The molecule has 4 aliphatic rings. The predicted molar refractivity (Wildman–Crippen MR) is 87.1 cm³/mol. The summed E-state index contributed by atoms with van der Waals surface area (Å²) >= 11 is 0. The fraction of sp³-hybridized carbons (Fsp3) is 1.00. The SMILES string of the molecule is CC(C)C12CCC(C)(OC3(C)CCC4(C(C)C)CC34)C1C2. The van der Waals surface area contributed by atoms with Crippen LogP contribution in [-0.2, 0) is 4.74 Å². The standard InChI is InChI=1S/C20H34O/c1-13(2)19-9-7-17(5,15(19)11-19)21-18(6)8-10-20(14(3)4)12-16(18)20/h13-16H,7-12H2,1-6H3. The lowest BCUT2D eigenvalue weighted by molar-refractivity contribution is -0.156. The monoisotopic (exact) mass is 290 g/mol. The van der Waals surface area contributed by atoms with Gasteiger partial charge < -0.3 is 4.74 Å². The molecule has 0 aromatic heterocycles. The molecule has 0 amide bonds. The molecule has 4 rings (SSSR count). The van der Waals surface area contributed by atoms with Crippen molar-refractivity contribution in [1.82, 2.24) is 0 Å². The minimum Gasteiger partial charge on any atom is -0.369 e. The van der Waals surface area contributed by atoms with Gasteiger partial charge in [-0.05, 0) is 86.9 Å². The van der Waals surface area contributed by atoms with Crippen LogP contribution in [-0.4, -0.2) is 11.2 Å². The highest BCUT2D eigenvalue weighted by molar-refractivity contribution is 5.22. The second-order valence-electron chi connectivity index (χ2n) is 10.0. The molecule has 0 radical (unpaired) electrons. The number of rotatable bonds is 4. The molecule has 0 saturated heterocycles. The van der Waals surface area contributed by atoms with Crippen LogP contribution < -0.4 is 0 Å². The zero-order valence-electron chi connectivity index (χ0n) is 15.0. The molecular formula is C20H34O. The summed E-state index contributed by atoms with van der Waals surface area (Å²) in [6, 6.07) is 0. The third kappa shape index (κ3) is 1.68. The highest BCUT2D eigenvalue weighted by Crippen LogP contribution is 2.76. The van der Waals surface area contributed by atoms with Gasteiger partial charge in [-0.1, -0.05) is 27.7 Å². The van der Waals surface area contributed by atoms with Crippen molar-refractivity contribution in [2.24, 2.45) is 34.5 Å². The average Bonchev–Trinajstić information content (AvgIpc) is 3.26. The Bertz CT molecular complexity index is 426. The number of hydrogen-bond donors (Lipinski definition) is 0. The minimum atomic E-state index is 0.175. The Hall–Kier alpha value is -0.0400. The summed E-state index contributed by atoms with van der Waals surface area (Å²) < 4.78 is 7.01. The van der Waals surface area contributed by atoms with Crippen LogP contribution in [0.4, 0.5) is 0 Å². The van der Waals surface area contributed by atoms with E-state index in [2.05, 4.69) is 41.5 Å². The van der Waals surface area contributed by atoms with Gasteiger partial charge in [0.15, 0.2) is 0 Å². The van der Waals surface area contributed by atoms with Gasteiger partial charge >= 0.3 is 0 Å². The molecule has 4 saturated carbocycles. The van der Waals surface area contributed by atoms with Gasteiger partial charge in [0.05, 0.1) is 11.2 Å². The third-order valence-corrected chi connectivity index (χ3v) is 8.65. The van der Waals surface area contributed by atoms with Gasteiger partial charge in [-0.3, -0.25) is 0 Å². The summed E-state index contributed by atoms with van der Waals surface area (Å²) in [6.45, 7) is 14.6. The lowest BCUT2D eigenvalue weighted by atomic mass is 9.90. The smallest absolute Gasteiger partial charge is 0.0695 e. The van der Waals surface area contributed by atoms with Crippen LogP contribution in [0.1, 0.15) is 80.1 Å². The molecule has 4 fully saturated rings. The molecule has 0 aromatic rings. The van der Waals surface area contributed by atoms with E-state index in [9.17, 15) is 0 Å². The topological polar surface area (TPSA) is 9.23 Å². The van der Waals surface area contributed by atoms with E-state index in [1.165, 1.54) is 38.5 Å². The molecule has 0 aliphatic heterocycles. The Morgan fingerprint density at radius 3 is 1.33 bits per heavy atom. The molecule has 1 heteroatoms. The van der Waals surface area contributed by atoms with Gasteiger partial charge in [-0.15, -0.1) is 0 Å². The fourth-order valence-corrected chi connectivity index (χ4v) is 6.78. The first-order valence-corrected chi connectivity index (χ1v) is 9.39. The zero-order chi connectivity index (χ0) is 15.3. The van der Waals surface area contributed by atoms with E-state index in [4.69, 9.17) is 4.74 Å². The normalized spacial score (nSPS) is 57.7. The van der Waals surface area contributed by atoms with E-state index in [1.807, 2.05) is 0 Å². The molecule has 21 heavy (non-hydrogen) atoms. The van der Waals surface area contributed by atoms with Crippen molar-refractivity contribution in [1.29, 1.82) is 0 Å². The Labute approximate surface area is 131 Å². The van der Waals surface area contributed by atoms with Gasteiger partial charge in [0.1, 0.15) is 0 Å². The van der Waals surface area contributed by atoms with Gasteiger partial charge in [-0.2, -0.15) is 0 Å². The molecule has 1 nitrogen and oxygen atoms in total.